The third kappa shape index (κ3) is 4.45. The summed E-state index contributed by atoms with van der Waals surface area (Å²) in [6.45, 7) is 2.33. The summed E-state index contributed by atoms with van der Waals surface area (Å²) in [5.41, 5.74) is 0.724. The number of nitrogens with zero attached hydrogens (tertiary/aromatic N) is 3. The normalized spacial score (nSPS) is 15.6. The molecular weight excluding hydrogens is 363 g/mol. The lowest BCUT2D eigenvalue weighted by atomic mass is 9.97. The van der Waals surface area contributed by atoms with Crippen LogP contribution >= 0.6 is 0 Å². The maximum absolute atomic E-state index is 13.0. The van der Waals surface area contributed by atoms with Crippen molar-refractivity contribution < 1.29 is 18.1 Å². The van der Waals surface area contributed by atoms with E-state index in [0.717, 1.165) is 37.3 Å². The van der Waals surface area contributed by atoms with E-state index in [2.05, 4.69) is 20.4 Å². The van der Waals surface area contributed by atoms with E-state index in [4.69, 9.17) is 8.94 Å². The standard InChI is InChI=1S/C20H21FN4O3/c21-16-5-3-14(4-6-16)19-23-20(28-24-19)15-7-9-25(10-8-15)13-18(26)22-12-17-2-1-11-27-17/h1-6,11,15H,7-10,12-13H2,(H,22,26). The van der Waals surface area contributed by atoms with Gasteiger partial charge in [0.1, 0.15) is 11.6 Å². The second-order valence-corrected chi connectivity index (χ2v) is 6.87. The molecule has 28 heavy (non-hydrogen) atoms. The Morgan fingerprint density at radius 2 is 2.00 bits per heavy atom. The van der Waals surface area contributed by atoms with E-state index in [1.165, 1.54) is 12.1 Å². The summed E-state index contributed by atoms with van der Waals surface area (Å²) in [5.74, 6) is 1.65. The molecule has 8 heteroatoms. The molecule has 3 heterocycles. The lowest BCUT2D eigenvalue weighted by Crippen LogP contribution is -2.41. The maximum atomic E-state index is 13.0. The average Bonchev–Trinajstić information content (AvgIpc) is 3.40. The Balaban J connectivity index is 1.26. The first-order valence-electron chi connectivity index (χ1n) is 9.28. The molecule has 3 aromatic rings. The van der Waals surface area contributed by atoms with Crippen molar-refractivity contribution in [3.8, 4) is 11.4 Å². The number of carbonyl (C=O) groups excluding carboxylic acids is 1. The molecule has 0 bridgehead atoms. The monoisotopic (exact) mass is 384 g/mol. The van der Waals surface area contributed by atoms with Crippen molar-refractivity contribution in [1.29, 1.82) is 0 Å². The SMILES string of the molecule is O=C(CN1CCC(c2nc(-c3ccc(F)cc3)no2)CC1)NCc1ccco1. The van der Waals surface area contributed by atoms with Gasteiger partial charge in [0.2, 0.25) is 17.6 Å². The van der Waals surface area contributed by atoms with Gasteiger partial charge in [-0.05, 0) is 62.3 Å². The van der Waals surface area contributed by atoms with Crippen LogP contribution in [0.4, 0.5) is 4.39 Å². The molecule has 146 valence electrons. The van der Waals surface area contributed by atoms with Crippen LogP contribution in [0.25, 0.3) is 11.4 Å². The number of rotatable bonds is 6. The van der Waals surface area contributed by atoms with Gasteiger partial charge in [-0.2, -0.15) is 4.98 Å². The van der Waals surface area contributed by atoms with Crippen LogP contribution in [0.2, 0.25) is 0 Å². The number of benzene rings is 1. The van der Waals surface area contributed by atoms with Crippen molar-refractivity contribution in [2.24, 2.45) is 0 Å². The number of hydrogen-bond donors (Lipinski definition) is 1. The molecule has 0 radical (unpaired) electrons. The molecule has 1 saturated heterocycles. The first-order chi connectivity index (χ1) is 13.7. The van der Waals surface area contributed by atoms with Crippen LogP contribution in [0.1, 0.15) is 30.4 Å². The quantitative estimate of drug-likeness (QED) is 0.703. The maximum Gasteiger partial charge on any atom is 0.234 e. The summed E-state index contributed by atoms with van der Waals surface area (Å²) >= 11 is 0. The molecule has 0 aliphatic carbocycles. The molecule has 4 rings (SSSR count). The lowest BCUT2D eigenvalue weighted by Gasteiger charge is -2.29. The van der Waals surface area contributed by atoms with Crippen LogP contribution in [-0.2, 0) is 11.3 Å². The largest absolute Gasteiger partial charge is 0.467 e. The van der Waals surface area contributed by atoms with Crippen LogP contribution in [0.15, 0.2) is 51.6 Å². The van der Waals surface area contributed by atoms with E-state index in [1.807, 2.05) is 6.07 Å². The Hall–Kier alpha value is -3.00. The highest BCUT2D eigenvalue weighted by Gasteiger charge is 2.26. The molecule has 1 fully saturated rings. The summed E-state index contributed by atoms with van der Waals surface area (Å²) in [7, 11) is 0. The molecule has 1 aliphatic rings. The van der Waals surface area contributed by atoms with E-state index < -0.39 is 0 Å². The van der Waals surface area contributed by atoms with Gasteiger partial charge >= 0.3 is 0 Å². The Morgan fingerprint density at radius 1 is 1.21 bits per heavy atom. The molecule has 1 aliphatic heterocycles. The predicted octanol–water partition coefficient (Wildman–Crippen LogP) is 2.96. The summed E-state index contributed by atoms with van der Waals surface area (Å²) in [4.78, 5) is 18.7. The number of amides is 1. The average molecular weight is 384 g/mol. The Bertz CT molecular complexity index is 900. The lowest BCUT2D eigenvalue weighted by molar-refractivity contribution is -0.122. The van der Waals surface area contributed by atoms with E-state index in [1.54, 1.807) is 24.5 Å². The predicted molar refractivity (Wildman–Crippen MR) is 98.7 cm³/mol. The van der Waals surface area contributed by atoms with Gasteiger partial charge in [0, 0.05) is 11.5 Å². The van der Waals surface area contributed by atoms with Crippen molar-refractivity contribution in [3.63, 3.8) is 0 Å². The van der Waals surface area contributed by atoms with Crippen LogP contribution in [0.5, 0.6) is 0 Å². The summed E-state index contributed by atoms with van der Waals surface area (Å²) in [5, 5.41) is 6.87. The van der Waals surface area contributed by atoms with E-state index >= 15 is 0 Å². The summed E-state index contributed by atoms with van der Waals surface area (Å²) in [6, 6.07) is 9.64. The number of nitrogens with one attached hydrogen (secondary N) is 1. The zero-order valence-corrected chi connectivity index (χ0v) is 15.3. The topological polar surface area (TPSA) is 84.4 Å². The Kier molecular flexibility index (Phi) is 5.48. The molecule has 0 unspecified atom stereocenters. The Labute approximate surface area is 161 Å². The van der Waals surface area contributed by atoms with Crippen molar-refractivity contribution in [1.82, 2.24) is 20.4 Å². The van der Waals surface area contributed by atoms with Gasteiger partial charge in [0.15, 0.2) is 0 Å². The molecule has 1 aromatic carbocycles. The van der Waals surface area contributed by atoms with E-state index in [-0.39, 0.29) is 17.6 Å². The molecule has 0 spiro atoms. The number of furan rings is 1. The molecule has 2 aromatic heterocycles. The minimum atomic E-state index is -0.298. The summed E-state index contributed by atoms with van der Waals surface area (Å²) < 4.78 is 23.7. The third-order valence-corrected chi connectivity index (χ3v) is 4.89. The molecule has 0 saturated carbocycles. The van der Waals surface area contributed by atoms with Gasteiger partial charge in [-0.15, -0.1) is 0 Å². The number of aromatic nitrogens is 2. The first-order valence-corrected chi connectivity index (χ1v) is 9.28. The van der Waals surface area contributed by atoms with Crippen LogP contribution < -0.4 is 5.32 Å². The zero-order chi connectivity index (χ0) is 19.3. The van der Waals surface area contributed by atoms with Gasteiger partial charge in [-0.25, -0.2) is 4.39 Å². The number of halogens is 1. The smallest absolute Gasteiger partial charge is 0.234 e. The second kappa shape index (κ2) is 8.35. The van der Waals surface area contributed by atoms with Gasteiger partial charge < -0.3 is 14.3 Å². The molecular formula is C20H21FN4O3. The zero-order valence-electron chi connectivity index (χ0n) is 15.3. The van der Waals surface area contributed by atoms with Crippen LogP contribution in [0, 0.1) is 5.82 Å². The fourth-order valence-corrected chi connectivity index (χ4v) is 3.31. The van der Waals surface area contributed by atoms with Crippen LogP contribution in [-0.4, -0.2) is 40.6 Å². The fourth-order valence-electron chi connectivity index (χ4n) is 3.31. The number of piperidine rings is 1. The van der Waals surface area contributed by atoms with Crippen LogP contribution in [0.3, 0.4) is 0 Å². The van der Waals surface area contributed by atoms with Gasteiger partial charge in [0.25, 0.3) is 0 Å². The Morgan fingerprint density at radius 3 is 2.71 bits per heavy atom. The fraction of sp³-hybridized carbons (Fsp3) is 0.350. The number of carbonyl (C=O) groups is 1. The van der Waals surface area contributed by atoms with Crippen molar-refractivity contribution in [2.75, 3.05) is 19.6 Å². The highest BCUT2D eigenvalue weighted by molar-refractivity contribution is 5.77. The first kappa shape index (κ1) is 18.4. The van der Waals surface area contributed by atoms with Gasteiger partial charge in [0.05, 0.1) is 19.4 Å². The van der Waals surface area contributed by atoms with E-state index in [9.17, 15) is 9.18 Å². The molecule has 1 N–H and O–H groups in total. The molecule has 0 atom stereocenters. The van der Waals surface area contributed by atoms with Crippen molar-refractivity contribution >= 4 is 5.91 Å². The number of likely N-dealkylation sites (tertiary alicyclic amines) is 1. The van der Waals surface area contributed by atoms with Crippen molar-refractivity contribution in [3.05, 3.63) is 60.1 Å². The van der Waals surface area contributed by atoms with Gasteiger partial charge in [-0.1, -0.05) is 5.16 Å². The second-order valence-electron chi connectivity index (χ2n) is 6.87. The minimum absolute atomic E-state index is 0.0220. The highest BCUT2D eigenvalue weighted by atomic mass is 19.1. The summed E-state index contributed by atoms with van der Waals surface area (Å²) in [6.07, 6.45) is 3.28. The molecule has 7 nitrogen and oxygen atoms in total. The highest BCUT2D eigenvalue weighted by Crippen LogP contribution is 2.28. The van der Waals surface area contributed by atoms with Gasteiger partial charge in [-0.3, -0.25) is 9.69 Å². The van der Waals surface area contributed by atoms with E-state index in [0.29, 0.717) is 24.8 Å². The van der Waals surface area contributed by atoms with Crippen molar-refractivity contribution in [2.45, 2.75) is 25.3 Å². The molecule has 1 amide bonds. The number of hydrogen-bond acceptors (Lipinski definition) is 6. The minimum Gasteiger partial charge on any atom is -0.467 e. The third-order valence-electron chi connectivity index (χ3n) is 4.89.